The van der Waals surface area contributed by atoms with Gasteiger partial charge in [-0.2, -0.15) is 0 Å². The Bertz CT molecular complexity index is 326. The van der Waals surface area contributed by atoms with Crippen molar-refractivity contribution in [2.24, 2.45) is 16.7 Å². The predicted octanol–water partition coefficient (Wildman–Crippen LogP) is 2.32. The number of rotatable bonds is 5. The Kier molecular flexibility index (Phi) is 3.72. The van der Waals surface area contributed by atoms with Crippen LogP contribution in [0.15, 0.2) is 0 Å². The zero-order chi connectivity index (χ0) is 13.4. The fraction of sp³-hybridized carbons (Fsp3) is 0.933. The van der Waals surface area contributed by atoms with Crippen molar-refractivity contribution >= 4 is 5.91 Å². The summed E-state index contributed by atoms with van der Waals surface area (Å²) in [5.74, 6) is 0.953. The summed E-state index contributed by atoms with van der Waals surface area (Å²) in [7, 11) is 0. The first kappa shape index (κ1) is 13.9. The van der Waals surface area contributed by atoms with E-state index in [-0.39, 0.29) is 11.3 Å². The second-order valence-corrected chi connectivity index (χ2v) is 6.91. The lowest BCUT2D eigenvalue weighted by Crippen LogP contribution is -2.49. The number of amides is 1. The highest BCUT2D eigenvalue weighted by atomic mass is 16.2. The van der Waals surface area contributed by atoms with Crippen LogP contribution in [0.1, 0.15) is 53.4 Å². The summed E-state index contributed by atoms with van der Waals surface area (Å²) < 4.78 is 0. The van der Waals surface area contributed by atoms with E-state index >= 15 is 0 Å². The first-order valence-corrected chi connectivity index (χ1v) is 7.42. The molecule has 3 nitrogen and oxygen atoms in total. The molecule has 0 aromatic carbocycles. The van der Waals surface area contributed by atoms with Crippen LogP contribution in [0.5, 0.6) is 0 Å². The van der Waals surface area contributed by atoms with Gasteiger partial charge in [0.1, 0.15) is 0 Å². The van der Waals surface area contributed by atoms with Crippen LogP contribution in [0.2, 0.25) is 0 Å². The van der Waals surface area contributed by atoms with Crippen LogP contribution < -0.4 is 10.6 Å². The average molecular weight is 252 g/mol. The minimum Gasteiger partial charge on any atom is -0.352 e. The summed E-state index contributed by atoms with van der Waals surface area (Å²) in [6, 6.07) is 0.377. The second kappa shape index (κ2) is 4.84. The molecule has 0 aromatic heterocycles. The van der Waals surface area contributed by atoms with Crippen molar-refractivity contribution in [2.75, 3.05) is 13.1 Å². The smallest absolute Gasteiger partial charge is 0.234 e. The molecule has 1 amide bonds. The van der Waals surface area contributed by atoms with E-state index in [4.69, 9.17) is 0 Å². The van der Waals surface area contributed by atoms with Crippen molar-refractivity contribution in [2.45, 2.75) is 59.4 Å². The number of fused-ring (bicyclic) bond motifs is 2. The molecule has 3 heteroatoms. The topological polar surface area (TPSA) is 41.1 Å². The van der Waals surface area contributed by atoms with Gasteiger partial charge in [-0.05, 0) is 49.0 Å². The van der Waals surface area contributed by atoms with Gasteiger partial charge in [-0.3, -0.25) is 4.79 Å². The molecule has 0 spiro atoms. The van der Waals surface area contributed by atoms with Gasteiger partial charge in [0.25, 0.3) is 0 Å². The summed E-state index contributed by atoms with van der Waals surface area (Å²) in [6.07, 6.45) is 4.84. The third-order valence-corrected chi connectivity index (χ3v) is 5.84. The van der Waals surface area contributed by atoms with E-state index < -0.39 is 0 Å². The van der Waals surface area contributed by atoms with Gasteiger partial charge in [0.05, 0.1) is 6.54 Å². The number of carbonyl (C=O) groups excluding carboxylic acids is 1. The summed E-state index contributed by atoms with van der Waals surface area (Å²) in [6.45, 7) is 10.6. The number of carbonyl (C=O) groups is 1. The quantitative estimate of drug-likeness (QED) is 0.737. The van der Waals surface area contributed by atoms with Gasteiger partial charge >= 0.3 is 0 Å². The molecule has 2 aliphatic rings. The molecule has 18 heavy (non-hydrogen) atoms. The molecule has 2 fully saturated rings. The summed E-state index contributed by atoms with van der Waals surface area (Å²) >= 11 is 0. The van der Waals surface area contributed by atoms with Gasteiger partial charge in [0.2, 0.25) is 5.91 Å². The maximum Gasteiger partial charge on any atom is 0.234 e. The molecule has 2 rings (SSSR count). The zero-order valence-electron chi connectivity index (χ0n) is 12.3. The Hall–Kier alpha value is -0.570. The molecule has 0 radical (unpaired) electrons. The molecule has 2 N–H and O–H groups in total. The predicted molar refractivity (Wildman–Crippen MR) is 74.3 cm³/mol. The van der Waals surface area contributed by atoms with Crippen molar-refractivity contribution in [1.82, 2.24) is 10.6 Å². The Morgan fingerprint density at radius 3 is 2.56 bits per heavy atom. The lowest BCUT2D eigenvalue weighted by molar-refractivity contribution is -0.122. The number of nitrogens with one attached hydrogen (secondary N) is 2. The van der Waals surface area contributed by atoms with Crippen molar-refractivity contribution in [3.05, 3.63) is 0 Å². The molecule has 0 aliphatic heterocycles. The normalized spacial score (nSPS) is 36.9. The van der Waals surface area contributed by atoms with E-state index in [0.29, 0.717) is 18.0 Å². The molecule has 2 bridgehead atoms. The largest absolute Gasteiger partial charge is 0.352 e. The summed E-state index contributed by atoms with van der Waals surface area (Å²) in [4.78, 5) is 11.9. The van der Waals surface area contributed by atoms with E-state index in [9.17, 15) is 4.79 Å². The molecule has 3 unspecified atom stereocenters. The van der Waals surface area contributed by atoms with E-state index in [1.807, 2.05) is 0 Å². The standard InChI is InChI=1S/C15H28N2O/c1-5-8-16-10-13(18)17-12-9-11-6-7-15(12,4)14(11,2)3/h11-12,16H,5-10H2,1-4H3,(H,17,18). The zero-order valence-corrected chi connectivity index (χ0v) is 12.3. The maximum atomic E-state index is 11.9. The van der Waals surface area contributed by atoms with Crippen LogP contribution in [-0.4, -0.2) is 25.0 Å². The molecule has 2 aliphatic carbocycles. The number of hydrogen-bond donors (Lipinski definition) is 2. The Labute approximate surface area is 111 Å². The SMILES string of the molecule is CCCNCC(=O)NC1CC2CCC1(C)C2(C)C. The van der Waals surface area contributed by atoms with E-state index in [1.54, 1.807) is 0 Å². The first-order chi connectivity index (χ1) is 8.41. The van der Waals surface area contributed by atoms with Gasteiger partial charge < -0.3 is 10.6 Å². The van der Waals surface area contributed by atoms with Crippen molar-refractivity contribution in [3.8, 4) is 0 Å². The fourth-order valence-electron chi connectivity index (χ4n) is 4.05. The van der Waals surface area contributed by atoms with E-state index in [0.717, 1.165) is 18.9 Å². The molecular weight excluding hydrogens is 224 g/mol. The van der Waals surface area contributed by atoms with Crippen LogP contribution in [0, 0.1) is 16.7 Å². The first-order valence-electron chi connectivity index (χ1n) is 7.42. The van der Waals surface area contributed by atoms with Crippen LogP contribution in [-0.2, 0) is 4.79 Å². The van der Waals surface area contributed by atoms with Crippen LogP contribution in [0.25, 0.3) is 0 Å². The van der Waals surface area contributed by atoms with Gasteiger partial charge in [0, 0.05) is 6.04 Å². The highest BCUT2D eigenvalue weighted by Crippen LogP contribution is 2.65. The Balaban J connectivity index is 1.90. The molecule has 2 saturated carbocycles. The minimum atomic E-state index is 0.165. The highest BCUT2D eigenvalue weighted by molar-refractivity contribution is 5.78. The summed E-state index contributed by atoms with van der Waals surface area (Å²) in [5.41, 5.74) is 0.667. The molecule has 104 valence electrons. The van der Waals surface area contributed by atoms with Crippen LogP contribution in [0.4, 0.5) is 0 Å². The summed E-state index contributed by atoms with van der Waals surface area (Å²) in [5, 5.41) is 6.44. The minimum absolute atomic E-state index is 0.165. The van der Waals surface area contributed by atoms with Crippen molar-refractivity contribution in [1.29, 1.82) is 0 Å². The lowest BCUT2D eigenvalue weighted by Gasteiger charge is -2.39. The van der Waals surface area contributed by atoms with Crippen LogP contribution in [0.3, 0.4) is 0 Å². The lowest BCUT2D eigenvalue weighted by atomic mass is 9.69. The molecule has 0 aromatic rings. The average Bonchev–Trinajstić information content (AvgIpc) is 2.62. The van der Waals surface area contributed by atoms with Gasteiger partial charge in [0.15, 0.2) is 0 Å². The number of hydrogen-bond acceptors (Lipinski definition) is 2. The second-order valence-electron chi connectivity index (χ2n) is 6.91. The van der Waals surface area contributed by atoms with Crippen molar-refractivity contribution < 1.29 is 4.79 Å². The Morgan fingerprint density at radius 1 is 1.33 bits per heavy atom. The van der Waals surface area contributed by atoms with Crippen LogP contribution >= 0.6 is 0 Å². The van der Waals surface area contributed by atoms with E-state index in [1.165, 1.54) is 19.3 Å². The third kappa shape index (κ3) is 2.07. The fourth-order valence-corrected chi connectivity index (χ4v) is 4.05. The Morgan fingerprint density at radius 2 is 2.06 bits per heavy atom. The molecular formula is C15H28N2O. The monoisotopic (exact) mass is 252 g/mol. The van der Waals surface area contributed by atoms with Gasteiger partial charge in [-0.25, -0.2) is 0 Å². The van der Waals surface area contributed by atoms with Gasteiger partial charge in [-0.15, -0.1) is 0 Å². The van der Waals surface area contributed by atoms with Crippen molar-refractivity contribution in [3.63, 3.8) is 0 Å². The molecule has 3 atom stereocenters. The third-order valence-electron chi connectivity index (χ3n) is 5.84. The molecule has 0 heterocycles. The maximum absolute atomic E-state index is 11.9. The van der Waals surface area contributed by atoms with E-state index in [2.05, 4.69) is 38.3 Å². The van der Waals surface area contributed by atoms with Gasteiger partial charge in [-0.1, -0.05) is 27.7 Å². The highest BCUT2D eigenvalue weighted by Gasteiger charge is 2.61. The molecule has 0 saturated heterocycles.